The number of nitrogens with zero attached hydrogens (tertiary/aromatic N) is 2. The van der Waals surface area contributed by atoms with Crippen molar-refractivity contribution in [3.05, 3.63) is 18.5 Å². The predicted octanol–water partition coefficient (Wildman–Crippen LogP) is -0.730. The first-order chi connectivity index (χ1) is 3.39. The zero-order chi connectivity index (χ0) is 5.11. The zero-order valence-electron chi connectivity index (χ0n) is 3.53. The molecule has 0 aromatic carbocycles. The fourth-order valence-electron chi connectivity index (χ4n) is 0.285. The molecule has 3 heteroatoms. The van der Waals surface area contributed by atoms with E-state index in [2.05, 4.69) is 26.0 Å². The Balaban J connectivity index is 3.02. The van der Waals surface area contributed by atoms with E-state index in [9.17, 15) is 0 Å². The van der Waals surface area contributed by atoms with Gasteiger partial charge in [0, 0.05) is 0 Å². The first kappa shape index (κ1) is 4.75. The molecule has 0 aliphatic carbocycles. The number of rotatable bonds is 0. The monoisotopic (exact) mass is 159 g/mol. The normalized spacial score (nSPS) is 8.57. The second kappa shape index (κ2) is 2.05. The molecular formula is C4H3N2Se-. The van der Waals surface area contributed by atoms with Gasteiger partial charge in [-0.2, -0.15) is 0 Å². The van der Waals surface area contributed by atoms with E-state index < -0.39 is 0 Å². The van der Waals surface area contributed by atoms with Gasteiger partial charge in [0.2, 0.25) is 0 Å². The van der Waals surface area contributed by atoms with Gasteiger partial charge in [-0.05, 0) is 0 Å². The summed E-state index contributed by atoms with van der Waals surface area (Å²) in [5.41, 5.74) is 0. The van der Waals surface area contributed by atoms with Gasteiger partial charge in [-0.3, -0.25) is 0 Å². The van der Waals surface area contributed by atoms with Crippen LogP contribution >= 0.6 is 0 Å². The molecule has 0 atom stereocenters. The van der Waals surface area contributed by atoms with Crippen molar-refractivity contribution in [3.8, 4) is 0 Å². The van der Waals surface area contributed by atoms with Gasteiger partial charge in [-0.25, -0.2) is 0 Å². The van der Waals surface area contributed by atoms with E-state index in [-0.39, 0.29) is 0 Å². The molecule has 0 saturated heterocycles. The summed E-state index contributed by atoms with van der Waals surface area (Å²) >= 11 is 2.68. The molecule has 0 fully saturated rings. The first-order valence-corrected chi connectivity index (χ1v) is 2.69. The molecule has 0 unspecified atom stereocenters. The molecule has 0 bridgehead atoms. The molecular weight excluding hydrogens is 155 g/mol. The van der Waals surface area contributed by atoms with Crippen LogP contribution in [0.5, 0.6) is 0 Å². The van der Waals surface area contributed by atoms with Gasteiger partial charge in [0.1, 0.15) is 0 Å². The van der Waals surface area contributed by atoms with Crippen molar-refractivity contribution in [2.24, 2.45) is 0 Å². The summed E-state index contributed by atoms with van der Waals surface area (Å²) in [6.45, 7) is 0. The van der Waals surface area contributed by atoms with Gasteiger partial charge in [0.25, 0.3) is 0 Å². The maximum absolute atomic E-state index is 3.81. The van der Waals surface area contributed by atoms with Crippen LogP contribution < -0.4 is 4.72 Å². The van der Waals surface area contributed by atoms with Crippen LogP contribution in [0.4, 0.5) is 0 Å². The summed E-state index contributed by atoms with van der Waals surface area (Å²) in [7, 11) is 0. The molecule has 0 N–H and O–H groups in total. The summed E-state index contributed by atoms with van der Waals surface area (Å²) in [5.74, 6) is 0. The molecule has 0 radical (unpaired) electrons. The average Bonchev–Trinajstić information content (AvgIpc) is 1.69. The Bertz CT molecular complexity index is 140. The topological polar surface area (TPSA) is 25.8 Å². The predicted molar refractivity (Wildman–Crippen MR) is 27.4 cm³/mol. The summed E-state index contributed by atoms with van der Waals surface area (Å²) in [6.07, 6.45) is 3.39. The fraction of sp³-hybridized carbons (Fsp3) is 0. The summed E-state index contributed by atoms with van der Waals surface area (Å²) in [6, 6.07) is 1.78. The molecule has 1 aromatic heterocycles. The van der Waals surface area contributed by atoms with Crippen molar-refractivity contribution in [1.82, 2.24) is 9.97 Å². The minimum absolute atomic E-state index is 0.697. The minimum atomic E-state index is 0.697. The average molecular weight is 158 g/mol. The third-order valence-electron chi connectivity index (χ3n) is 0.542. The molecule has 7 heavy (non-hydrogen) atoms. The van der Waals surface area contributed by atoms with Crippen molar-refractivity contribution in [3.63, 3.8) is 0 Å². The quantitative estimate of drug-likeness (QED) is 0.465. The Morgan fingerprint density at radius 1 is 1.29 bits per heavy atom. The third-order valence-corrected chi connectivity index (χ3v) is 0.984. The van der Waals surface area contributed by atoms with E-state index >= 15 is 0 Å². The summed E-state index contributed by atoms with van der Waals surface area (Å²) in [5, 5.41) is 0. The Hall–Kier alpha value is -0.401. The van der Waals surface area contributed by atoms with E-state index in [0.717, 1.165) is 0 Å². The molecule has 1 rings (SSSR count). The van der Waals surface area contributed by atoms with Gasteiger partial charge in [0.15, 0.2) is 0 Å². The first-order valence-electron chi connectivity index (χ1n) is 1.83. The van der Waals surface area contributed by atoms with E-state index in [0.29, 0.717) is 4.72 Å². The third kappa shape index (κ3) is 1.26. The Morgan fingerprint density at radius 3 is 2.14 bits per heavy atom. The molecule has 1 heterocycles. The van der Waals surface area contributed by atoms with Gasteiger partial charge in [0.05, 0.1) is 0 Å². The molecule has 0 aliphatic heterocycles. The Morgan fingerprint density at radius 2 is 1.86 bits per heavy atom. The number of hydrogen-bond donors (Lipinski definition) is 0. The second-order valence-corrected chi connectivity index (χ2v) is 1.80. The summed E-state index contributed by atoms with van der Waals surface area (Å²) in [4.78, 5) is 7.62. The van der Waals surface area contributed by atoms with Crippen LogP contribution in [0.25, 0.3) is 0 Å². The Labute approximate surface area is 49.8 Å². The van der Waals surface area contributed by atoms with Gasteiger partial charge in [-0.1, -0.05) is 0 Å². The van der Waals surface area contributed by atoms with E-state index in [4.69, 9.17) is 0 Å². The van der Waals surface area contributed by atoms with Crippen molar-refractivity contribution < 1.29 is 0 Å². The Kier molecular flexibility index (Phi) is 1.39. The van der Waals surface area contributed by atoms with Crippen LogP contribution in [-0.4, -0.2) is 26.0 Å². The van der Waals surface area contributed by atoms with E-state index in [1.54, 1.807) is 18.5 Å². The molecule has 36 valence electrons. The van der Waals surface area contributed by atoms with Gasteiger partial charge < -0.3 is 0 Å². The molecule has 0 aliphatic rings. The van der Waals surface area contributed by atoms with Crippen LogP contribution in [0.15, 0.2) is 18.5 Å². The van der Waals surface area contributed by atoms with Crippen molar-refractivity contribution in [2.45, 2.75) is 0 Å². The van der Waals surface area contributed by atoms with Crippen molar-refractivity contribution in [1.29, 1.82) is 0 Å². The van der Waals surface area contributed by atoms with E-state index in [1.807, 2.05) is 0 Å². The molecule has 0 spiro atoms. The van der Waals surface area contributed by atoms with Crippen LogP contribution in [0, 0.1) is 0 Å². The maximum atomic E-state index is 3.81. The van der Waals surface area contributed by atoms with E-state index in [1.165, 1.54) is 0 Å². The van der Waals surface area contributed by atoms with Crippen LogP contribution in [0.1, 0.15) is 0 Å². The molecule has 0 amide bonds. The summed E-state index contributed by atoms with van der Waals surface area (Å²) < 4.78 is 0.697. The molecule has 2 nitrogen and oxygen atoms in total. The fourth-order valence-corrected chi connectivity index (χ4v) is 0.541. The molecule has 0 saturated carbocycles. The van der Waals surface area contributed by atoms with Crippen molar-refractivity contribution in [2.75, 3.05) is 0 Å². The van der Waals surface area contributed by atoms with Crippen LogP contribution in [0.3, 0.4) is 0 Å². The van der Waals surface area contributed by atoms with Crippen LogP contribution in [0.2, 0.25) is 0 Å². The van der Waals surface area contributed by atoms with Gasteiger partial charge in [-0.15, -0.1) is 0 Å². The number of hydrogen-bond acceptors (Lipinski definition) is 2. The second-order valence-electron chi connectivity index (χ2n) is 1.03. The molecule has 1 aromatic rings. The van der Waals surface area contributed by atoms with Gasteiger partial charge >= 0.3 is 49.2 Å². The van der Waals surface area contributed by atoms with Crippen molar-refractivity contribution >= 4 is 20.7 Å². The standard InChI is InChI=1S/C4H4N2Se/c7-4-5-2-1-3-6-4/h1-3H,(H,5,6,7)/p-1. The SMILES string of the molecule is [Se-]c1ncccn1. The zero-order valence-corrected chi connectivity index (χ0v) is 5.25. The van der Waals surface area contributed by atoms with Crippen LogP contribution in [-0.2, 0) is 0 Å². The number of aromatic nitrogens is 2.